The molecule has 0 fully saturated rings. The van der Waals surface area contributed by atoms with Gasteiger partial charge in [-0.25, -0.2) is 9.97 Å². The minimum absolute atomic E-state index is 0.192. The quantitative estimate of drug-likeness (QED) is 0.133. The van der Waals surface area contributed by atoms with E-state index in [4.69, 9.17) is 30.8 Å². The number of carbonyl (C=O) groups excluding carboxylic acids is 2. The highest BCUT2D eigenvalue weighted by atomic mass is 35.5. The van der Waals surface area contributed by atoms with Crippen LogP contribution < -0.4 is 25.4 Å². The molecule has 0 radical (unpaired) electrons. The van der Waals surface area contributed by atoms with Crippen LogP contribution in [0.2, 0.25) is 5.02 Å². The fraction of sp³-hybridized carbons (Fsp3) is 0.289. The van der Waals surface area contributed by atoms with Crippen molar-refractivity contribution in [1.82, 2.24) is 24.4 Å². The minimum Gasteiger partial charge on any atom is -0.496 e. The van der Waals surface area contributed by atoms with Crippen molar-refractivity contribution in [1.29, 1.82) is 0 Å². The number of hydrogen-bond donors (Lipinski definition) is 3. The molecule has 0 unspecified atom stereocenters. The number of pyridine rings is 2. The van der Waals surface area contributed by atoms with E-state index >= 15 is 0 Å². The van der Waals surface area contributed by atoms with Gasteiger partial charge in [0, 0.05) is 99.5 Å². The maximum absolute atomic E-state index is 13.5. The van der Waals surface area contributed by atoms with Gasteiger partial charge in [0.25, 0.3) is 11.8 Å². The summed E-state index contributed by atoms with van der Waals surface area (Å²) in [6.45, 7) is 5.30. The Morgan fingerprint density at radius 2 is 1.71 bits per heavy atom. The molecular weight excluding hydrogens is 684 g/mol. The van der Waals surface area contributed by atoms with Crippen molar-refractivity contribution >= 4 is 40.5 Å². The van der Waals surface area contributed by atoms with E-state index in [9.17, 15) is 9.59 Å². The molecule has 14 heteroatoms. The van der Waals surface area contributed by atoms with Crippen LogP contribution in [0.5, 0.6) is 11.6 Å². The average molecular weight is 725 g/mol. The van der Waals surface area contributed by atoms with Crippen molar-refractivity contribution in [3.63, 3.8) is 0 Å². The van der Waals surface area contributed by atoms with Gasteiger partial charge in [-0.3, -0.25) is 19.5 Å². The lowest BCUT2D eigenvalue weighted by molar-refractivity contribution is 0.100. The zero-order valence-corrected chi connectivity index (χ0v) is 30.5. The first-order chi connectivity index (χ1) is 25.2. The molecule has 13 nitrogen and oxygen atoms in total. The lowest BCUT2D eigenvalue weighted by atomic mass is 9.98. The third kappa shape index (κ3) is 7.86. The number of nitrogens with zero attached hydrogens (tertiary/aromatic N) is 5. The Hall–Kier alpha value is -5.50. The van der Waals surface area contributed by atoms with E-state index in [0.717, 1.165) is 53.3 Å². The molecule has 3 N–H and O–H groups in total. The Morgan fingerprint density at radius 1 is 0.942 bits per heavy atom. The molecule has 0 aliphatic carbocycles. The van der Waals surface area contributed by atoms with Crippen LogP contribution >= 0.6 is 11.6 Å². The third-order valence-electron chi connectivity index (χ3n) is 9.09. The summed E-state index contributed by atoms with van der Waals surface area (Å²) in [4.78, 5) is 42.4. The predicted octanol–water partition coefficient (Wildman–Crippen LogP) is 5.98. The fourth-order valence-electron chi connectivity index (χ4n) is 6.20. The van der Waals surface area contributed by atoms with Crippen LogP contribution in [0, 0.1) is 6.92 Å². The average Bonchev–Trinajstić information content (AvgIpc) is 3.50. The smallest absolute Gasteiger partial charge is 0.291 e. The van der Waals surface area contributed by atoms with Crippen molar-refractivity contribution in [2.24, 2.45) is 7.05 Å². The molecule has 1 aliphatic heterocycles. The fourth-order valence-corrected chi connectivity index (χ4v) is 6.48. The van der Waals surface area contributed by atoms with Gasteiger partial charge in [0.2, 0.25) is 5.88 Å². The number of amides is 2. The first-order valence-corrected chi connectivity index (χ1v) is 17.1. The molecule has 3 aromatic heterocycles. The molecule has 0 spiro atoms. The first-order valence-electron chi connectivity index (χ1n) is 16.7. The molecule has 6 rings (SSSR count). The summed E-state index contributed by atoms with van der Waals surface area (Å²) in [6, 6.07) is 16.2. The zero-order chi connectivity index (χ0) is 36.8. The van der Waals surface area contributed by atoms with Crippen LogP contribution in [0.25, 0.3) is 11.1 Å². The number of anilines is 3. The topological polar surface area (TPSA) is 145 Å². The largest absolute Gasteiger partial charge is 0.496 e. The summed E-state index contributed by atoms with van der Waals surface area (Å²) in [7, 11) is 6.66. The number of nitrogens with one attached hydrogen (secondary N) is 3. The Labute approximate surface area is 307 Å². The lowest BCUT2D eigenvalue weighted by Gasteiger charge is -2.26. The van der Waals surface area contributed by atoms with E-state index in [2.05, 4.69) is 30.8 Å². The Bertz CT molecular complexity index is 2100. The van der Waals surface area contributed by atoms with Gasteiger partial charge in [-0.15, -0.1) is 0 Å². The van der Waals surface area contributed by atoms with Gasteiger partial charge in [-0.05, 0) is 36.2 Å². The van der Waals surface area contributed by atoms with Gasteiger partial charge in [-0.1, -0.05) is 35.9 Å². The zero-order valence-electron chi connectivity index (χ0n) is 29.7. The number of rotatable bonds is 13. The predicted molar refractivity (Wildman–Crippen MR) is 201 cm³/mol. The standard InChI is InChI=1S/C38H41ClN8O5/c1-23-26(27-9-7-11-29(35(27)39)45-38(49)36-43-31-22-47(16-17-50-3)15-13-32(31)46(36)2)8-6-10-28(23)44-37(48)30-19-33(51-4)24(21-42-30)20-41-25-12-14-40-34(18-25)52-5/h6-12,14,18-19,21H,13,15-17,20,22H2,1-5H3,(H,40,41)(H,44,48)(H,45,49). The highest BCUT2D eigenvalue weighted by molar-refractivity contribution is 6.36. The number of methoxy groups -OCH3 is 3. The second-order valence-corrected chi connectivity index (χ2v) is 12.7. The van der Waals surface area contributed by atoms with Gasteiger partial charge in [-0.2, -0.15) is 0 Å². The number of halogens is 1. The maximum Gasteiger partial charge on any atom is 0.291 e. The summed E-state index contributed by atoms with van der Waals surface area (Å²) >= 11 is 6.95. The molecule has 0 bridgehead atoms. The van der Waals surface area contributed by atoms with Crippen molar-refractivity contribution in [2.45, 2.75) is 26.4 Å². The van der Waals surface area contributed by atoms with Crippen molar-refractivity contribution in [3.8, 4) is 22.8 Å². The van der Waals surface area contributed by atoms with Gasteiger partial charge in [0.05, 0.1) is 37.2 Å². The molecule has 2 aromatic carbocycles. The molecule has 5 aromatic rings. The number of benzene rings is 2. The normalized spacial score (nSPS) is 12.6. The second-order valence-electron chi connectivity index (χ2n) is 12.3. The van der Waals surface area contributed by atoms with E-state index in [0.29, 0.717) is 59.1 Å². The Morgan fingerprint density at radius 3 is 2.48 bits per heavy atom. The minimum atomic E-state index is -0.399. The monoisotopic (exact) mass is 724 g/mol. The van der Waals surface area contributed by atoms with Crippen molar-refractivity contribution in [3.05, 3.63) is 106 Å². The molecule has 1 aliphatic rings. The van der Waals surface area contributed by atoms with Crippen LogP contribution in [0.4, 0.5) is 17.1 Å². The van der Waals surface area contributed by atoms with Gasteiger partial charge < -0.3 is 34.7 Å². The number of fused-ring (bicyclic) bond motifs is 1. The highest BCUT2D eigenvalue weighted by Crippen LogP contribution is 2.38. The molecule has 0 atom stereocenters. The molecule has 0 saturated carbocycles. The van der Waals surface area contributed by atoms with E-state index in [1.807, 2.05) is 54.9 Å². The van der Waals surface area contributed by atoms with Crippen LogP contribution in [0.1, 0.15) is 43.6 Å². The van der Waals surface area contributed by atoms with E-state index in [-0.39, 0.29) is 11.6 Å². The second kappa shape index (κ2) is 16.2. The summed E-state index contributed by atoms with van der Waals surface area (Å²) in [5.74, 6) is 0.584. The van der Waals surface area contributed by atoms with Crippen molar-refractivity contribution < 1.29 is 23.8 Å². The molecule has 270 valence electrons. The van der Waals surface area contributed by atoms with E-state index in [1.54, 1.807) is 51.9 Å². The molecular formula is C38H41ClN8O5. The maximum atomic E-state index is 13.5. The summed E-state index contributed by atoms with van der Waals surface area (Å²) in [5, 5.41) is 9.61. The van der Waals surface area contributed by atoms with Crippen LogP contribution in [-0.4, -0.2) is 77.3 Å². The lowest BCUT2D eigenvalue weighted by Crippen LogP contribution is -2.33. The third-order valence-corrected chi connectivity index (χ3v) is 9.50. The first kappa shape index (κ1) is 36.3. The highest BCUT2D eigenvalue weighted by Gasteiger charge is 2.26. The van der Waals surface area contributed by atoms with Gasteiger partial charge in [0.15, 0.2) is 5.82 Å². The van der Waals surface area contributed by atoms with Crippen LogP contribution in [0.15, 0.2) is 67.0 Å². The summed E-state index contributed by atoms with van der Waals surface area (Å²) in [6.07, 6.45) is 4.06. The van der Waals surface area contributed by atoms with Crippen LogP contribution in [0.3, 0.4) is 0 Å². The SMILES string of the molecule is COCCN1CCc2c(nc(C(=O)Nc3cccc(-c4cccc(NC(=O)c5cc(OC)c(CNc6ccnc(OC)c6)cn5)c4C)c3Cl)n2C)C1. The Balaban J connectivity index is 1.16. The molecule has 52 heavy (non-hydrogen) atoms. The molecule has 2 amide bonds. The molecule has 0 saturated heterocycles. The van der Waals surface area contributed by atoms with Crippen molar-refractivity contribution in [2.75, 3.05) is 57.0 Å². The number of imidazole rings is 1. The van der Waals surface area contributed by atoms with Gasteiger partial charge >= 0.3 is 0 Å². The number of hydrogen-bond acceptors (Lipinski definition) is 10. The van der Waals surface area contributed by atoms with E-state index in [1.165, 1.54) is 0 Å². The number of aromatic nitrogens is 4. The van der Waals surface area contributed by atoms with Crippen LogP contribution in [-0.2, 0) is 31.3 Å². The van der Waals surface area contributed by atoms with Gasteiger partial charge in [0.1, 0.15) is 11.4 Å². The Kier molecular flexibility index (Phi) is 11.3. The number of carbonyl (C=O) groups is 2. The van der Waals surface area contributed by atoms with E-state index < -0.39 is 5.91 Å². The molecule has 4 heterocycles. The summed E-state index contributed by atoms with van der Waals surface area (Å²) < 4.78 is 17.9. The number of ether oxygens (including phenoxy) is 3. The summed E-state index contributed by atoms with van der Waals surface area (Å²) in [5.41, 5.74) is 7.04.